The van der Waals surface area contributed by atoms with Crippen molar-refractivity contribution in [1.82, 2.24) is 25.3 Å². The fourth-order valence-corrected chi connectivity index (χ4v) is 3.16. The summed E-state index contributed by atoms with van der Waals surface area (Å²) in [5.41, 5.74) is 3.00. The van der Waals surface area contributed by atoms with Gasteiger partial charge in [-0.2, -0.15) is 5.10 Å². The van der Waals surface area contributed by atoms with Gasteiger partial charge < -0.3 is 20.3 Å². The van der Waals surface area contributed by atoms with Crippen molar-refractivity contribution in [3.8, 4) is 11.3 Å². The predicted molar refractivity (Wildman–Crippen MR) is 129 cm³/mol. The summed E-state index contributed by atoms with van der Waals surface area (Å²) in [7, 11) is 5.38. The third-order valence-corrected chi connectivity index (χ3v) is 4.79. The Bertz CT molecular complexity index is 831. The SMILES string of the molecule is CN(C)C(=O)CNC(=NCc1cn(C)nc1-c1ccccc1)NCC1CCCO1.I. The molecular weight excluding hydrogens is 495 g/mol. The van der Waals surface area contributed by atoms with Crippen molar-refractivity contribution < 1.29 is 9.53 Å². The molecule has 1 atom stereocenters. The Balaban J connectivity index is 0.00000320. The van der Waals surface area contributed by atoms with Crippen LogP contribution >= 0.6 is 24.0 Å². The fourth-order valence-electron chi connectivity index (χ4n) is 3.16. The van der Waals surface area contributed by atoms with Crippen LogP contribution in [-0.4, -0.2) is 66.4 Å². The first-order valence-corrected chi connectivity index (χ1v) is 9.95. The molecule has 164 valence electrons. The smallest absolute Gasteiger partial charge is 0.241 e. The summed E-state index contributed by atoms with van der Waals surface area (Å²) < 4.78 is 7.48. The molecule has 1 aromatic carbocycles. The molecule has 0 bridgehead atoms. The number of hydrogen-bond acceptors (Lipinski definition) is 4. The molecule has 8 nitrogen and oxygen atoms in total. The summed E-state index contributed by atoms with van der Waals surface area (Å²) in [6.45, 7) is 2.11. The molecule has 1 aromatic heterocycles. The van der Waals surface area contributed by atoms with Crippen LogP contribution < -0.4 is 10.6 Å². The molecule has 2 N–H and O–H groups in total. The first-order chi connectivity index (χ1) is 14.0. The Kier molecular flexibility index (Phi) is 9.57. The topological polar surface area (TPSA) is 83.8 Å². The molecule has 1 aliphatic rings. The van der Waals surface area contributed by atoms with Crippen molar-refractivity contribution in [3.63, 3.8) is 0 Å². The molecule has 1 saturated heterocycles. The number of guanidine groups is 1. The van der Waals surface area contributed by atoms with E-state index < -0.39 is 0 Å². The first kappa shape index (κ1) is 24.1. The number of benzene rings is 1. The average molecular weight is 526 g/mol. The van der Waals surface area contributed by atoms with E-state index in [4.69, 9.17) is 9.73 Å². The number of carbonyl (C=O) groups excluding carboxylic acids is 1. The molecule has 30 heavy (non-hydrogen) atoms. The second-order valence-electron chi connectivity index (χ2n) is 7.37. The number of likely N-dealkylation sites (N-methyl/N-ethyl adjacent to an activating group) is 1. The normalized spacial score (nSPS) is 16.1. The number of hydrogen-bond donors (Lipinski definition) is 2. The Morgan fingerprint density at radius 1 is 1.30 bits per heavy atom. The van der Waals surface area contributed by atoms with Crippen LogP contribution in [0.3, 0.4) is 0 Å². The van der Waals surface area contributed by atoms with Crippen LogP contribution in [0.25, 0.3) is 11.3 Å². The van der Waals surface area contributed by atoms with Gasteiger partial charge in [0.2, 0.25) is 5.91 Å². The summed E-state index contributed by atoms with van der Waals surface area (Å²) in [6, 6.07) is 10.1. The molecule has 1 aliphatic heterocycles. The average Bonchev–Trinajstić information content (AvgIpc) is 3.37. The second kappa shape index (κ2) is 11.9. The first-order valence-electron chi connectivity index (χ1n) is 9.95. The van der Waals surface area contributed by atoms with Crippen LogP contribution in [0.15, 0.2) is 41.5 Å². The largest absolute Gasteiger partial charge is 0.376 e. The standard InChI is InChI=1S/C21H30N6O2.HI/c1-26(2)19(28)14-24-21(23-13-18-10-7-11-29-18)22-12-17-15-27(3)25-20(17)16-8-5-4-6-9-16;/h4-6,8-9,15,18H,7,10-14H2,1-3H3,(H2,22,23,24);1H. The van der Waals surface area contributed by atoms with E-state index in [0.29, 0.717) is 19.0 Å². The molecule has 0 spiro atoms. The number of nitrogens with zero attached hydrogens (tertiary/aromatic N) is 4. The van der Waals surface area contributed by atoms with E-state index >= 15 is 0 Å². The summed E-state index contributed by atoms with van der Waals surface area (Å²) >= 11 is 0. The zero-order valence-electron chi connectivity index (χ0n) is 17.8. The van der Waals surface area contributed by atoms with E-state index in [-0.39, 0.29) is 42.5 Å². The lowest BCUT2D eigenvalue weighted by Crippen LogP contribution is -2.45. The number of aliphatic imine (C=N–C) groups is 1. The Morgan fingerprint density at radius 2 is 2.07 bits per heavy atom. The maximum atomic E-state index is 12.0. The third-order valence-electron chi connectivity index (χ3n) is 4.79. The van der Waals surface area contributed by atoms with Gasteiger partial charge in [-0.15, -0.1) is 24.0 Å². The monoisotopic (exact) mass is 526 g/mol. The van der Waals surface area contributed by atoms with E-state index in [1.807, 2.05) is 43.6 Å². The van der Waals surface area contributed by atoms with Gasteiger partial charge in [0.05, 0.1) is 24.9 Å². The third kappa shape index (κ3) is 6.98. The highest BCUT2D eigenvalue weighted by Crippen LogP contribution is 2.22. The van der Waals surface area contributed by atoms with Gasteiger partial charge in [0.1, 0.15) is 0 Å². The lowest BCUT2D eigenvalue weighted by atomic mass is 10.1. The molecule has 9 heteroatoms. The zero-order valence-corrected chi connectivity index (χ0v) is 20.1. The maximum Gasteiger partial charge on any atom is 0.241 e. The van der Waals surface area contributed by atoms with E-state index in [0.717, 1.165) is 36.3 Å². The van der Waals surface area contributed by atoms with Crippen molar-refractivity contribution in [1.29, 1.82) is 0 Å². The Morgan fingerprint density at radius 3 is 2.73 bits per heavy atom. The molecular formula is C21H31IN6O2. The molecule has 0 aliphatic carbocycles. The number of nitrogens with one attached hydrogen (secondary N) is 2. The van der Waals surface area contributed by atoms with E-state index in [1.165, 1.54) is 0 Å². The quantitative estimate of drug-likeness (QED) is 0.328. The van der Waals surface area contributed by atoms with E-state index in [9.17, 15) is 4.79 Å². The van der Waals surface area contributed by atoms with E-state index in [2.05, 4.69) is 15.7 Å². The van der Waals surface area contributed by atoms with Crippen LogP contribution in [0.2, 0.25) is 0 Å². The van der Waals surface area contributed by atoms with Crippen molar-refractivity contribution >= 4 is 35.8 Å². The second-order valence-corrected chi connectivity index (χ2v) is 7.37. The van der Waals surface area contributed by atoms with Gasteiger partial charge in [-0.25, -0.2) is 4.99 Å². The van der Waals surface area contributed by atoms with Crippen LogP contribution in [-0.2, 0) is 23.1 Å². The summed E-state index contributed by atoms with van der Waals surface area (Å²) in [4.78, 5) is 18.2. The molecule has 1 fully saturated rings. The van der Waals surface area contributed by atoms with Gasteiger partial charge in [0, 0.05) is 51.6 Å². The lowest BCUT2D eigenvalue weighted by molar-refractivity contribution is -0.127. The molecule has 1 amide bonds. The van der Waals surface area contributed by atoms with Gasteiger partial charge in [-0.3, -0.25) is 9.48 Å². The summed E-state index contributed by atoms with van der Waals surface area (Å²) in [5, 5.41) is 11.0. The number of amides is 1. The molecule has 3 rings (SSSR count). The molecule has 2 aromatic rings. The molecule has 0 saturated carbocycles. The number of ether oxygens (including phenoxy) is 1. The number of aromatic nitrogens is 2. The van der Waals surface area contributed by atoms with Crippen LogP contribution in [0, 0.1) is 0 Å². The highest BCUT2D eigenvalue weighted by molar-refractivity contribution is 14.0. The summed E-state index contributed by atoms with van der Waals surface area (Å²) in [5.74, 6) is 0.585. The predicted octanol–water partition coefficient (Wildman–Crippen LogP) is 2.01. The van der Waals surface area contributed by atoms with Gasteiger partial charge >= 0.3 is 0 Å². The van der Waals surface area contributed by atoms with Crippen molar-refractivity contribution in [2.75, 3.05) is 33.8 Å². The zero-order chi connectivity index (χ0) is 20.6. The molecule has 2 heterocycles. The number of aryl methyl sites for hydroxylation is 1. The van der Waals surface area contributed by atoms with Crippen molar-refractivity contribution in [3.05, 3.63) is 42.1 Å². The molecule has 0 radical (unpaired) electrons. The Labute approximate surface area is 195 Å². The van der Waals surface area contributed by atoms with E-state index in [1.54, 1.807) is 23.7 Å². The highest BCUT2D eigenvalue weighted by atomic mass is 127. The highest BCUT2D eigenvalue weighted by Gasteiger charge is 2.16. The van der Waals surface area contributed by atoms with Crippen molar-refractivity contribution in [2.45, 2.75) is 25.5 Å². The number of halogens is 1. The minimum atomic E-state index is -0.0111. The fraction of sp³-hybridized carbons (Fsp3) is 0.476. The van der Waals surface area contributed by atoms with Gasteiger partial charge in [-0.05, 0) is 12.8 Å². The Hall–Kier alpha value is -2.14. The lowest BCUT2D eigenvalue weighted by Gasteiger charge is -2.17. The number of rotatable bonds is 7. The van der Waals surface area contributed by atoms with Gasteiger partial charge in [0.15, 0.2) is 5.96 Å². The van der Waals surface area contributed by atoms with Crippen LogP contribution in [0.4, 0.5) is 0 Å². The minimum Gasteiger partial charge on any atom is -0.376 e. The maximum absolute atomic E-state index is 12.0. The van der Waals surface area contributed by atoms with Crippen LogP contribution in [0.5, 0.6) is 0 Å². The van der Waals surface area contributed by atoms with Gasteiger partial charge in [0.25, 0.3) is 0 Å². The van der Waals surface area contributed by atoms with Crippen LogP contribution in [0.1, 0.15) is 18.4 Å². The molecule has 1 unspecified atom stereocenters. The van der Waals surface area contributed by atoms with Gasteiger partial charge in [-0.1, -0.05) is 30.3 Å². The van der Waals surface area contributed by atoms with Crippen molar-refractivity contribution in [2.24, 2.45) is 12.0 Å². The number of carbonyl (C=O) groups is 1. The minimum absolute atomic E-state index is 0. The summed E-state index contributed by atoms with van der Waals surface area (Å²) in [6.07, 6.45) is 4.29.